The summed E-state index contributed by atoms with van der Waals surface area (Å²) in [6.45, 7) is 0.464. The highest BCUT2D eigenvalue weighted by Crippen LogP contribution is 2.33. The fourth-order valence-corrected chi connectivity index (χ4v) is 4.08. The van der Waals surface area contributed by atoms with Crippen molar-refractivity contribution in [3.05, 3.63) is 70.8 Å². The van der Waals surface area contributed by atoms with Crippen LogP contribution in [0.15, 0.2) is 48.5 Å². The molecule has 2 aromatic rings. The number of benzene rings is 2. The van der Waals surface area contributed by atoms with E-state index in [4.69, 9.17) is 5.11 Å². The number of hydrogen-bond donors (Lipinski definition) is 1. The van der Waals surface area contributed by atoms with Crippen molar-refractivity contribution < 1.29 is 24.3 Å². The maximum Gasteiger partial charge on any atom is 0.303 e. The normalized spacial score (nSPS) is 17.9. The molecule has 0 saturated heterocycles. The molecule has 1 atom stereocenters. The smallest absolute Gasteiger partial charge is 0.303 e. The highest BCUT2D eigenvalue weighted by atomic mass is 16.4. The monoisotopic (exact) mass is 392 g/mol. The molecule has 1 N–H and O–H groups in total. The number of imide groups is 1. The highest BCUT2D eigenvalue weighted by Gasteiger charge is 2.40. The van der Waals surface area contributed by atoms with E-state index in [1.807, 2.05) is 24.3 Å². The number of nitrogens with zero attached hydrogens (tertiary/aromatic N) is 2. The van der Waals surface area contributed by atoms with Gasteiger partial charge in [-0.2, -0.15) is 0 Å². The Morgan fingerprint density at radius 1 is 0.931 bits per heavy atom. The van der Waals surface area contributed by atoms with Crippen LogP contribution in [-0.4, -0.2) is 51.7 Å². The molecule has 2 heterocycles. The number of aliphatic carboxylic acids is 1. The predicted octanol–water partition coefficient (Wildman–Crippen LogP) is 2.27. The van der Waals surface area contributed by atoms with Gasteiger partial charge in [-0.25, -0.2) is 0 Å². The summed E-state index contributed by atoms with van der Waals surface area (Å²) >= 11 is 0. The lowest BCUT2D eigenvalue weighted by molar-refractivity contribution is -0.142. The third kappa shape index (κ3) is 3.40. The minimum Gasteiger partial charge on any atom is -0.481 e. The molecule has 0 aromatic heterocycles. The summed E-state index contributed by atoms with van der Waals surface area (Å²) in [5.41, 5.74) is 2.69. The topological polar surface area (TPSA) is 95.0 Å². The summed E-state index contributed by atoms with van der Waals surface area (Å²) in [6.07, 6.45) is 0.278. The van der Waals surface area contributed by atoms with Crippen molar-refractivity contribution in [3.8, 4) is 0 Å². The third-order valence-electron chi connectivity index (χ3n) is 5.52. The van der Waals surface area contributed by atoms with Crippen LogP contribution >= 0.6 is 0 Å². The first-order valence-corrected chi connectivity index (χ1v) is 9.51. The number of amides is 3. The first kappa shape index (κ1) is 18.9. The second-order valence-electron chi connectivity index (χ2n) is 7.21. The molecule has 0 fully saturated rings. The molecule has 3 amide bonds. The third-order valence-corrected chi connectivity index (χ3v) is 5.52. The Morgan fingerprint density at radius 3 is 2.21 bits per heavy atom. The molecule has 7 nitrogen and oxygen atoms in total. The summed E-state index contributed by atoms with van der Waals surface area (Å²) in [7, 11) is 0. The van der Waals surface area contributed by atoms with Gasteiger partial charge in [0.25, 0.3) is 11.8 Å². The lowest BCUT2D eigenvalue weighted by Gasteiger charge is -2.39. The molecule has 4 rings (SSSR count). The van der Waals surface area contributed by atoms with Gasteiger partial charge in [0.15, 0.2) is 0 Å². The van der Waals surface area contributed by atoms with Gasteiger partial charge in [-0.1, -0.05) is 36.4 Å². The van der Waals surface area contributed by atoms with E-state index in [9.17, 15) is 19.2 Å². The number of carbonyl (C=O) groups is 4. The van der Waals surface area contributed by atoms with E-state index in [1.165, 1.54) is 4.90 Å². The van der Waals surface area contributed by atoms with Crippen LogP contribution in [0.5, 0.6) is 0 Å². The Morgan fingerprint density at radius 2 is 1.55 bits per heavy atom. The Hall–Kier alpha value is -3.48. The number of carboxylic acids is 1. The zero-order valence-corrected chi connectivity index (χ0v) is 15.7. The van der Waals surface area contributed by atoms with Crippen LogP contribution < -0.4 is 0 Å². The van der Waals surface area contributed by atoms with Crippen LogP contribution in [0.1, 0.15) is 50.7 Å². The first-order valence-electron chi connectivity index (χ1n) is 9.51. The van der Waals surface area contributed by atoms with Gasteiger partial charge in [0.05, 0.1) is 30.1 Å². The van der Waals surface area contributed by atoms with Crippen LogP contribution in [0.25, 0.3) is 0 Å². The fourth-order valence-electron chi connectivity index (χ4n) is 4.08. The second kappa shape index (κ2) is 7.50. The number of fused-ring (bicyclic) bond motifs is 2. The summed E-state index contributed by atoms with van der Waals surface area (Å²) < 4.78 is 0. The maximum absolute atomic E-state index is 12.8. The van der Waals surface area contributed by atoms with Crippen LogP contribution in [-0.2, 0) is 16.0 Å². The van der Waals surface area contributed by atoms with Gasteiger partial charge < -0.3 is 10.0 Å². The average molecular weight is 392 g/mol. The number of carboxylic acid groups (broad SMARTS) is 1. The van der Waals surface area contributed by atoms with E-state index in [1.54, 1.807) is 29.2 Å². The van der Waals surface area contributed by atoms with Crippen molar-refractivity contribution in [2.24, 2.45) is 0 Å². The van der Waals surface area contributed by atoms with Crippen LogP contribution in [0.2, 0.25) is 0 Å². The molecule has 0 spiro atoms. The fraction of sp³-hybridized carbons (Fsp3) is 0.273. The van der Waals surface area contributed by atoms with E-state index >= 15 is 0 Å². The molecular weight excluding hydrogens is 372 g/mol. The van der Waals surface area contributed by atoms with Crippen molar-refractivity contribution >= 4 is 23.7 Å². The molecule has 0 saturated carbocycles. The average Bonchev–Trinajstić information content (AvgIpc) is 2.97. The van der Waals surface area contributed by atoms with Crippen LogP contribution in [0, 0.1) is 0 Å². The van der Waals surface area contributed by atoms with Gasteiger partial charge in [0, 0.05) is 13.0 Å². The zero-order valence-electron chi connectivity index (χ0n) is 15.7. The number of carbonyl (C=O) groups excluding carboxylic acids is 3. The van der Waals surface area contributed by atoms with Crippen molar-refractivity contribution in [2.45, 2.75) is 25.3 Å². The van der Waals surface area contributed by atoms with Gasteiger partial charge in [-0.15, -0.1) is 0 Å². The molecule has 29 heavy (non-hydrogen) atoms. The molecule has 0 aliphatic carbocycles. The van der Waals surface area contributed by atoms with E-state index in [0.717, 1.165) is 11.1 Å². The quantitative estimate of drug-likeness (QED) is 0.788. The SMILES string of the molecule is O=C(O)CCC(=O)N1CCc2ccccc2C1CN1C(=O)c2ccccc2C1=O. The van der Waals surface area contributed by atoms with E-state index in [0.29, 0.717) is 24.1 Å². The minimum absolute atomic E-state index is 0.0438. The molecular formula is C22H20N2O5. The Bertz CT molecular complexity index is 981. The van der Waals surface area contributed by atoms with Crippen molar-refractivity contribution in [3.63, 3.8) is 0 Å². The van der Waals surface area contributed by atoms with E-state index < -0.39 is 12.0 Å². The Labute approximate surface area is 167 Å². The lowest BCUT2D eigenvalue weighted by Crippen LogP contribution is -2.46. The summed E-state index contributed by atoms with van der Waals surface area (Å²) in [5.74, 6) is -2.06. The summed E-state index contributed by atoms with van der Waals surface area (Å²) in [5, 5.41) is 8.92. The van der Waals surface area contributed by atoms with E-state index in [2.05, 4.69) is 0 Å². The molecule has 1 unspecified atom stereocenters. The molecule has 148 valence electrons. The van der Waals surface area contributed by atoms with Crippen molar-refractivity contribution in [1.29, 1.82) is 0 Å². The number of hydrogen-bond acceptors (Lipinski definition) is 4. The minimum atomic E-state index is -1.03. The first-order chi connectivity index (χ1) is 14.0. The van der Waals surface area contributed by atoms with Crippen molar-refractivity contribution in [2.75, 3.05) is 13.1 Å². The summed E-state index contributed by atoms with van der Waals surface area (Å²) in [6, 6.07) is 13.8. The van der Waals surface area contributed by atoms with Gasteiger partial charge in [-0.3, -0.25) is 24.1 Å². The second-order valence-corrected chi connectivity index (χ2v) is 7.21. The lowest BCUT2D eigenvalue weighted by atomic mass is 9.91. The van der Waals surface area contributed by atoms with Crippen molar-refractivity contribution in [1.82, 2.24) is 9.80 Å². The van der Waals surface area contributed by atoms with E-state index in [-0.39, 0.29) is 37.1 Å². The number of rotatable bonds is 5. The van der Waals surface area contributed by atoms with Gasteiger partial charge in [0.1, 0.15) is 0 Å². The largest absolute Gasteiger partial charge is 0.481 e. The predicted molar refractivity (Wildman–Crippen MR) is 103 cm³/mol. The van der Waals surface area contributed by atoms with Gasteiger partial charge in [-0.05, 0) is 29.7 Å². The maximum atomic E-state index is 12.8. The molecule has 2 aliphatic rings. The zero-order chi connectivity index (χ0) is 20.5. The van der Waals surface area contributed by atoms with Crippen LogP contribution in [0.3, 0.4) is 0 Å². The van der Waals surface area contributed by atoms with Crippen LogP contribution in [0.4, 0.5) is 0 Å². The highest BCUT2D eigenvalue weighted by molar-refractivity contribution is 6.21. The molecule has 2 aliphatic heterocycles. The molecule has 0 bridgehead atoms. The van der Waals surface area contributed by atoms with Gasteiger partial charge >= 0.3 is 5.97 Å². The molecule has 0 radical (unpaired) electrons. The Balaban J connectivity index is 1.65. The summed E-state index contributed by atoms with van der Waals surface area (Å²) in [4.78, 5) is 52.1. The Kier molecular flexibility index (Phi) is 4.88. The standard InChI is InChI=1S/C22H20N2O5/c25-19(9-10-20(26)27)23-12-11-14-5-1-2-6-15(14)18(23)13-24-21(28)16-7-3-4-8-17(16)22(24)29/h1-8,18H,9-13H2,(H,26,27). The molecule has 7 heteroatoms. The molecule has 2 aromatic carbocycles. The van der Waals surface area contributed by atoms with Gasteiger partial charge in [0.2, 0.25) is 5.91 Å².